The van der Waals surface area contributed by atoms with Gasteiger partial charge < -0.3 is 5.32 Å². The first-order chi connectivity index (χ1) is 15.4. The first-order valence-corrected chi connectivity index (χ1v) is 11.4. The van der Waals surface area contributed by atoms with Gasteiger partial charge in [0.05, 0.1) is 11.3 Å². The number of rotatable bonds is 7. The Morgan fingerprint density at radius 3 is 2.62 bits per heavy atom. The van der Waals surface area contributed by atoms with Crippen molar-refractivity contribution in [3.05, 3.63) is 77.6 Å². The van der Waals surface area contributed by atoms with Crippen LogP contribution < -0.4 is 5.32 Å². The normalized spacial score (nSPS) is 14.5. The first-order valence-electron chi connectivity index (χ1n) is 10.6. The lowest BCUT2D eigenvalue weighted by atomic mass is 9.85. The molecule has 2 atom stereocenters. The highest BCUT2D eigenvalue weighted by atomic mass is 32.2. The number of halogens is 1. The largest absolute Gasteiger partial charge is 0.321 e. The number of nitrogens with zero attached hydrogens (tertiary/aromatic N) is 2. The fourth-order valence-electron chi connectivity index (χ4n) is 3.81. The van der Waals surface area contributed by atoms with Gasteiger partial charge in [-0.1, -0.05) is 31.7 Å². The van der Waals surface area contributed by atoms with E-state index in [1.54, 1.807) is 18.2 Å². The number of fused-ring (bicyclic) bond motifs is 2. The van der Waals surface area contributed by atoms with Crippen molar-refractivity contribution in [3.63, 3.8) is 0 Å². The fraction of sp³-hybridized carbons (Fsp3) is 0.280. The second-order valence-electron chi connectivity index (χ2n) is 8.18. The van der Waals surface area contributed by atoms with Crippen LogP contribution in [0.15, 0.2) is 64.9 Å². The molecule has 0 radical (unpaired) electrons. The number of hydrogen-bond donors (Lipinski definition) is 1. The summed E-state index contributed by atoms with van der Waals surface area (Å²) in [5, 5.41) is 2.83. The van der Waals surface area contributed by atoms with E-state index in [-0.39, 0.29) is 23.5 Å². The van der Waals surface area contributed by atoms with Gasteiger partial charge in [-0.25, -0.2) is 14.4 Å². The van der Waals surface area contributed by atoms with E-state index in [1.165, 1.54) is 30.2 Å². The molecular formula is C25H24FN3O2S. The van der Waals surface area contributed by atoms with E-state index < -0.39 is 5.82 Å². The monoisotopic (exact) mass is 449 g/mol. The molecule has 0 fully saturated rings. The highest BCUT2D eigenvalue weighted by Gasteiger charge is 2.25. The van der Waals surface area contributed by atoms with Crippen LogP contribution >= 0.6 is 11.8 Å². The van der Waals surface area contributed by atoms with Gasteiger partial charge in [-0.15, -0.1) is 0 Å². The summed E-state index contributed by atoms with van der Waals surface area (Å²) < 4.78 is 13.6. The van der Waals surface area contributed by atoms with E-state index in [1.807, 2.05) is 25.4 Å². The molecule has 1 N–H and O–H groups in total. The summed E-state index contributed by atoms with van der Waals surface area (Å²) in [6.07, 6.45) is 7.92. The Bertz CT molecular complexity index is 1150. The fourth-order valence-corrected chi connectivity index (χ4v) is 4.80. The van der Waals surface area contributed by atoms with Crippen molar-refractivity contribution in [1.29, 1.82) is 0 Å². The zero-order chi connectivity index (χ0) is 22.7. The first kappa shape index (κ1) is 22.1. The Kier molecular flexibility index (Phi) is 6.65. The van der Waals surface area contributed by atoms with E-state index in [4.69, 9.17) is 0 Å². The lowest BCUT2D eigenvalue weighted by Crippen LogP contribution is -2.20. The van der Waals surface area contributed by atoms with Crippen molar-refractivity contribution in [2.75, 3.05) is 5.32 Å². The van der Waals surface area contributed by atoms with E-state index in [2.05, 4.69) is 22.2 Å². The van der Waals surface area contributed by atoms with Crippen molar-refractivity contribution >= 4 is 29.1 Å². The molecule has 1 amide bonds. The summed E-state index contributed by atoms with van der Waals surface area (Å²) in [5.41, 5.74) is 2.53. The third-order valence-corrected chi connectivity index (χ3v) is 7.08. The van der Waals surface area contributed by atoms with Crippen LogP contribution in [0.25, 0.3) is 0 Å². The number of nitrogens with one attached hydrogen (secondary N) is 1. The van der Waals surface area contributed by atoms with Gasteiger partial charge in [0, 0.05) is 33.7 Å². The highest BCUT2D eigenvalue weighted by Crippen LogP contribution is 2.39. The summed E-state index contributed by atoms with van der Waals surface area (Å²) in [4.78, 5) is 35.3. The maximum absolute atomic E-state index is 13.6. The molecule has 1 aliphatic heterocycles. The molecule has 0 aliphatic carbocycles. The molecule has 0 saturated heterocycles. The van der Waals surface area contributed by atoms with Crippen LogP contribution in [-0.2, 0) is 6.42 Å². The number of hydrogen-bond acceptors (Lipinski definition) is 5. The number of ketones is 1. The number of aromatic nitrogens is 2. The molecular weight excluding hydrogens is 425 g/mol. The Morgan fingerprint density at radius 2 is 1.84 bits per heavy atom. The SMILES string of the molecule is CC(CCCc1cncnc1)C(C)C(=O)c1ccc2c(c1)NC(=O)c1cc(F)ccc1S2. The maximum Gasteiger partial charge on any atom is 0.256 e. The van der Waals surface area contributed by atoms with Gasteiger partial charge in [-0.3, -0.25) is 9.59 Å². The minimum absolute atomic E-state index is 0.0513. The van der Waals surface area contributed by atoms with Crippen LogP contribution in [0.4, 0.5) is 10.1 Å². The van der Waals surface area contributed by atoms with Crippen LogP contribution in [0.2, 0.25) is 0 Å². The van der Waals surface area contributed by atoms with E-state index in [0.717, 1.165) is 29.7 Å². The number of aryl methyl sites for hydroxylation is 1. The number of anilines is 1. The van der Waals surface area contributed by atoms with E-state index in [9.17, 15) is 14.0 Å². The Balaban J connectivity index is 1.44. The molecule has 0 saturated carbocycles. The quantitative estimate of drug-likeness (QED) is 0.461. The smallest absolute Gasteiger partial charge is 0.256 e. The standard InChI is InChI=1S/C25H24FN3O2S/c1-15(4-3-5-17-12-27-14-28-13-17)16(2)24(30)18-6-8-23-21(10-18)29-25(31)20-11-19(26)7-9-22(20)32-23/h6-16H,3-5H2,1-2H3,(H,29,31). The topological polar surface area (TPSA) is 72.0 Å². The predicted molar refractivity (Wildman–Crippen MR) is 123 cm³/mol. The molecule has 32 heavy (non-hydrogen) atoms. The molecule has 2 aromatic carbocycles. The molecule has 2 heterocycles. The zero-order valence-electron chi connectivity index (χ0n) is 18.0. The van der Waals surface area contributed by atoms with Crippen molar-refractivity contribution < 1.29 is 14.0 Å². The minimum Gasteiger partial charge on any atom is -0.321 e. The Hall–Kier alpha value is -3.06. The van der Waals surface area contributed by atoms with Crippen molar-refractivity contribution in [2.24, 2.45) is 11.8 Å². The van der Waals surface area contributed by atoms with Crippen molar-refractivity contribution in [1.82, 2.24) is 9.97 Å². The molecule has 7 heteroatoms. The van der Waals surface area contributed by atoms with E-state index in [0.29, 0.717) is 21.7 Å². The second kappa shape index (κ2) is 9.61. The molecule has 3 aromatic rings. The van der Waals surface area contributed by atoms with Gasteiger partial charge in [0.25, 0.3) is 5.91 Å². The van der Waals surface area contributed by atoms with Crippen LogP contribution in [0.1, 0.15) is 53.0 Å². The average molecular weight is 450 g/mol. The van der Waals surface area contributed by atoms with E-state index >= 15 is 0 Å². The number of amides is 1. The summed E-state index contributed by atoms with van der Waals surface area (Å²) in [7, 11) is 0. The summed E-state index contributed by atoms with van der Waals surface area (Å²) in [5.74, 6) is -0.719. The van der Waals surface area contributed by atoms with Gasteiger partial charge in [0.15, 0.2) is 5.78 Å². The zero-order valence-corrected chi connectivity index (χ0v) is 18.8. The molecule has 0 bridgehead atoms. The predicted octanol–water partition coefficient (Wildman–Crippen LogP) is 5.81. The number of Topliss-reactive ketones (excluding diaryl/α,β-unsaturated/α-hetero) is 1. The van der Waals surface area contributed by atoms with Gasteiger partial charge in [0.1, 0.15) is 12.1 Å². The molecule has 164 valence electrons. The van der Waals surface area contributed by atoms with Gasteiger partial charge in [-0.05, 0) is 61.1 Å². The Morgan fingerprint density at radius 1 is 1.09 bits per heavy atom. The summed E-state index contributed by atoms with van der Waals surface area (Å²) >= 11 is 1.39. The van der Waals surface area contributed by atoms with Crippen molar-refractivity contribution in [2.45, 2.75) is 42.9 Å². The lowest BCUT2D eigenvalue weighted by Gasteiger charge is -2.19. The van der Waals surface area contributed by atoms with Gasteiger partial charge in [-0.2, -0.15) is 0 Å². The third-order valence-electron chi connectivity index (χ3n) is 5.92. The second-order valence-corrected chi connectivity index (χ2v) is 9.26. The van der Waals surface area contributed by atoms with Crippen LogP contribution in [0, 0.1) is 17.7 Å². The minimum atomic E-state index is -0.455. The molecule has 0 spiro atoms. The van der Waals surface area contributed by atoms with Crippen LogP contribution in [0.5, 0.6) is 0 Å². The van der Waals surface area contributed by atoms with Gasteiger partial charge in [0.2, 0.25) is 0 Å². The summed E-state index contributed by atoms with van der Waals surface area (Å²) in [6.45, 7) is 4.05. The number of benzene rings is 2. The maximum atomic E-state index is 13.6. The van der Waals surface area contributed by atoms with Gasteiger partial charge >= 0.3 is 0 Å². The number of carbonyl (C=O) groups excluding carboxylic acids is 2. The average Bonchev–Trinajstić information content (AvgIpc) is 2.94. The number of carbonyl (C=O) groups is 2. The van der Waals surface area contributed by atoms with Crippen molar-refractivity contribution in [3.8, 4) is 0 Å². The third kappa shape index (κ3) is 4.88. The molecule has 5 nitrogen and oxygen atoms in total. The highest BCUT2D eigenvalue weighted by molar-refractivity contribution is 7.99. The summed E-state index contributed by atoms with van der Waals surface area (Å²) in [6, 6.07) is 9.57. The molecule has 1 aromatic heterocycles. The molecule has 2 unspecified atom stereocenters. The van der Waals surface area contributed by atoms with Crippen LogP contribution in [-0.4, -0.2) is 21.7 Å². The molecule has 1 aliphatic rings. The van der Waals surface area contributed by atoms with Crippen LogP contribution in [0.3, 0.4) is 0 Å². The molecule has 4 rings (SSSR count). The Labute approximate surface area is 190 Å². The lowest BCUT2D eigenvalue weighted by molar-refractivity contribution is 0.0888.